The summed E-state index contributed by atoms with van der Waals surface area (Å²) in [6.45, 7) is 3.38. The summed E-state index contributed by atoms with van der Waals surface area (Å²) in [7, 11) is 1.37. The largest absolute Gasteiger partial charge is 0.405 e. The minimum absolute atomic E-state index is 0.273. The molecule has 0 saturated carbocycles. The fourth-order valence-electron chi connectivity index (χ4n) is 1.46. The highest BCUT2D eigenvalue weighted by Gasteiger charge is 2.30. The van der Waals surface area contributed by atoms with Gasteiger partial charge in [0.15, 0.2) is 0 Å². The molecule has 4 nitrogen and oxygen atoms in total. The first-order valence-corrected chi connectivity index (χ1v) is 5.75. The van der Waals surface area contributed by atoms with Gasteiger partial charge in [-0.05, 0) is 6.92 Å². The average molecular weight is 262 g/mol. The molecule has 102 valence electrons. The second-order valence-electron chi connectivity index (χ2n) is 3.88. The lowest BCUT2D eigenvalue weighted by Gasteiger charge is -2.20. The summed E-state index contributed by atoms with van der Waals surface area (Å²) in [4.78, 5) is 9.35. The maximum Gasteiger partial charge on any atom is 0.405 e. The Kier molecular flexibility index (Phi) is 4.75. The van der Waals surface area contributed by atoms with Crippen molar-refractivity contribution in [3.05, 3.63) is 11.9 Å². The Balaban J connectivity index is 2.96. The van der Waals surface area contributed by atoms with Crippen LogP contribution in [0.25, 0.3) is 0 Å². The van der Waals surface area contributed by atoms with Gasteiger partial charge in [0, 0.05) is 26.1 Å². The van der Waals surface area contributed by atoms with Gasteiger partial charge in [-0.15, -0.1) is 0 Å². The molecule has 0 spiro atoms. The summed E-state index contributed by atoms with van der Waals surface area (Å²) < 4.78 is 37.0. The molecule has 0 aromatic carbocycles. The lowest BCUT2D eigenvalue weighted by molar-refractivity contribution is -0.119. The second kappa shape index (κ2) is 5.88. The number of aromatic nitrogens is 2. The Morgan fingerprint density at radius 2 is 1.94 bits per heavy atom. The molecule has 0 saturated heterocycles. The smallest absolute Gasteiger partial charge is 0.370 e. The van der Waals surface area contributed by atoms with Crippen molar-refractivity contribution in [1.29, 1.82) is 0 Å². The summed E-state index contributed by atoms with van der Waals surface area (Å²) in [5.41, 5.74) is 0. The minimum atomic E-state index is -4.25. The fourth-order valence-corrected chi connectivity index (χ4v) is 1.46. The van der Waals surface area contributed by atoms with Crippen LogP contribution in [0.1, 0.15) is 19.7 Å². The van der Waals surface area contributed by atoms with Gasteiger partial charge in [0.1, 0.15) is 24.0 Å². The van der Waals surface area contributed by atoms with E-state index < -0.39 is 12.7 Å². The molecule has 18 heavy (non-hydrogen) atoms. The van der Waals surface area contributed by atoms with E-state index in [2.05, 4.69) is 15.3 Å². The van der Waals surface area contributed by atoms with Gasteiger partial charge in [-0.1, -0.05) is 6.92 Å². The third kappa shape index (κ3) is 4.38. The Bertz CT molecular complexity index is 392. The van der Waals surface area contributed by atoms with Gasteiger partial charge in [-0.25, -0.2) is 9.97 Å². The Morgan fingerprint density at radius 3 is 2.44 bits per heavy atom. The van der Waals surface area contributed by atoms with Crippen LogP contribution in [0.5, 0.6) is 0 Å². The number of alkyl halides is 3. The van der Waals surface area contributed by atoms with Gasteiger partial charge >= 0.3 is 6.18 Å². The maximum atomic E-state index is 12.3. The summed E-state index contributed by atoms with van der Waals surface area (Å²) in [6, 6.07) is 1.52. The van der Waals surface area contributed by atoms with E-state index in [0.717, 1.165) is 4.90 Å². The molecule has 1 heterocycles. The Morgan fingerprint density at radius 1 is 1.28 bits per heavy atom. The number of hydrogen-bond donors (Lipinski definition) is 1. The molecular weight excluding hydrogens is 245 g/mol. The van der Waals surface area contributed by atoms with Crippen molar-refractivity contribution in [3.63, 3.8) is 0 Å². The van der Waals surface area contributed by atoms with Crippen molar-refractivity contribution in [1.82, 2.24) is 9.97 Å². The second-order valence-corrected chi connectivity index (χ2v) is 3.88. The van der Waals surface area contributed by atoms with E-state index >= 15 is 0 Å². The molecule has 0 fully saturated rings. The molecule has 0 aliphatic rings. The fraction of sp³-hybridized carbons (Fsp3) is 0.636. The van der Waals surface area contributed by atoms with Crippen LogP contribution < -0.4 is 10.2 Å². The van der Waals surface area contributed by atoms with Crippen LogP contribution in [0, 0.1) is 0 Å². The summed E-state index contributed by atoms with van der Waals surface area (Å²) in [6.07, 6.45) is -3.67. The third-order valence-corrected chi connectivity index (χ3v) is 2.24. The van der Waals surface area contributed by atoms with Crippen molar-refractivity contribution < 1.29 is 13.2 Å². The van der Waals surface area contributed by atoms with Gasteiger partial charge in [0.2, 0.25) is 0 Å². The quantitative estimate of drug-likeness (QED) is 0.885. The summed E-state index contributed by atoms with van der Waals surface area (Å²) in [5.74, 6) is 1.35. The summed E-state index contributed by atoms with van der Waals surface area (Å²) in [5, 5.41) is 2.98. The monoisotopic (exact) mass is 262 g/mol. The molecule has 0 atom stereocenters. The predicted molar refractivity (Wildman–Crippen MR) is 64.9 cm³/mol. The van der Waals surface area contributed by atoms with Crippen molar-refractivity contribution >= 4 is 11.6 Å². The summed E-state index contributed by atoms with van der Waals surface area (Å²) >= 11 is 0. The first-order valence-electron chi connectivity index (χ1n) is 5.75. The standard InChI is InChI=1S/C11H17F3N4/c1-4-8-16-9(15-5-2)6-10(17-8)18(3)7-11(12,13)14/h6H,4-5,7H2,1-3H3,(H,15,16,17). The highest BCUT2D eigenvalue weighted by Crippen LogP contribution is 2.21. The maximum absolute atomic E-state index is 12.3. The van der Waals surface area contributed by atoms with Crippen LogP contribution in [0.4, 0.5) is 24.8 Å². The number of halogens is 3. The molecule has 0 radical (unpaired) electrons. The molecular formula is C11H17F3N4. The number of nitrogens with zero attached hydrogens (tertiary/aromatic N) is 3. The Hall–Kier alpha value is -1.53. The van der Waals surface area contributed by atoms with E-state index in [1.807, 2.05) is 13.8 Å². The van der Waals surface area contributed by atoms with Crippen LogP contribution in [-0.2, 0) is 6.42 Å². The van der Waals surface area contributed by atoms with Crippen LogP contribution in [0.2, 0.25) is 0 Å². The van der Waals surface area contributed by atoms with E-state index in [4.69, 9.17) is 0 Å². The average Bonchev–Trinajstić information content (AvgIpc) is 2.26. The SMILES string of the molecule is CCNc1cc(N(C)CC(F)(F)F)nc(CC)n1. The van der Waals surface area contributed by atoms with Gasteiger partial charge in [-0.3, -0.25) is 0 Å². The Labute approximate surface area is 104 Å². The lowest BCUT2D eigenvalue weighted by Crippen LogP contribution is -2.31. The van der Waals surface area contributed by atoms with Crippen molar-refractivity contribution in [2.24, 2.45) is 0 Å². The molecule has 0 aliphatic heterocycles. The van der Waals surface area contributed by atoms with Crippen molar-refractivity contribution in [3.8, 4) is 0 Å². The van der Waals surface area contributed by atoms with Crippen molar-refractivity contribution in [2.75, 3.05) is 30.4 Å². The van der Waals surface area contributed by atoms with Crippen LogP contribution in [-0.4, -0.2) is 36.3 Å². The molecule has 1 aromatic rings. The molecule has 0 unspecified atom stereocenters. The van der Waals surface area contributed by atoms with Gasteiger partial charge in [0.05, 0.1) is 0 Å². The van der Waals surface area contributed by atoms with Crippen LogP contribution in [0.3, 0.4) is 0 Å². The zero-order chi connectivity index (χ0) is 13.8. The van der Waals surface area contributed by atoms with Gasteiger partial charge in [0.25, 0.3) is 0 Å². The third-order valence-electron chi connectivity index (χ3n) is 2.24. The van der Waals surface area contributed by atoms with Crippen LogP contribution in [0.15, 0.2) is 6.07 Å². The number of hydrogen-bond acceptors (Lipinski definition) is 4. The van der Waals surface area contributed by atoms with Gasteiger partial charge in [-0.2, -0.15) is 13.2 Å². The number of aryl methyl sites for hydroxylation is 1. The zero-order valence-corrected chi connectivity index (χ0v) is 10.7. The number of nitrogens with one attached hydrogen (secondary N) is 1. The molecule has 1 N–H and O–H groups in total. The highest BCUT2D eigenvalue weighted by molar-refractivity contribution is 5.49. The van der Waals surface area contributed by atoms with E-state index in [9.17, 15) is 13.2 Å². The van der Waals surface area contributed by atoms with Crippen LogP contribution >= 0.6 is 0 Å². The zero-order valence-electron chi connectivity index (χ0n) is 10.7. The van der Waals surface area contributed by atoms with Crippen molar-refractivity contribution in [2.45, 2.75) is 26.4 Å². The minimum Gasteiger partial charge on any atom is -0.370 e. The number of anilines is 2. The normalized spacial score (nSPS) is 11.4. The van der Waals surface area contributed by atoms with E-state index in [0.29, 0.717) is 24.6 Å². The topological polar surface area (TPSA) is 41.0 Å². The first kappa shape index (κ1) is 14.5. The molecule has 1 rings (SSSR count). The number of rotatable bonds is 5. The lowest BCUT2D eigenvalue weighted by atomic mass is 10.4. The van der Waals surface area contributed by atoms with Gasteiger partial charge < -0.3 is 10.2 Å². The molecule has 0 aliphatic carbocycles. The highest BCUT2D eigenvalue weighted by atomic mass is 19.4. The predicted octanol–water partition coefficient (Wildman–Crippen LogP) is 2.47. The molecule has 7 heteroatoms. The molecule has 0 amide bonds. The molecule has 1 aromatic heterocycles. The van der Waals surface area contributed by atoms with E-state index in [1.54, 1.807) is 0 Å². The van der Waals surface area contributed by atoms with E-state index in [1.165, 1.54) is 13.1 Å². The molecule has 0 bridgehead atoms. The van der Waals surface area contributed by atoms with E-state index in [-0.39, 0.29) is 5.82 Å². The first-order chi connectivity index (χ1) is 8.35.